The molecule has 9 nitrogen and oxygen atoms in total. The molecule has 1 aliphatic heterocycles. The van der Waals surface area contributed by atoms with Crippen LogP contribution < -0.4 is 19.7 Å². The number of halogens is 3. The van der Waals surface area contributed by atoms with Gasteiger partial charge < -0.3 is 15.0 Å². The van der Waals surface area contributed by atoms with Crippen molar-refractivity contribution in [1.82, 2.24) is 14.6 Å². The van der Waals surface area contributed by atoms with E-state index in [9.17, 15) is 26.4 Å². The molecule has 1 amide bonds. The van der Waals surface area contributed by atoms with Gasteiger partial charge in [0.15, 0.2) is 0 Å². The van der Waals surface area contributed by atoms with Crippen LogP contribution in [0.1, 0.15) is 27.7 Å². The van der Waals surface area contributed by atoms with E-state index in [0.29, 0.717) is 18.4 Å². The molecule has 0 atom stereocenters. The quantitative estimate of drug-likeness (QED) is 0.0861. The molecule has 6 rings (SSSR count). The third-order valence-corrected chi connectivity index (χ3v) is 11.8. The molecule has 0 aliphatic carbocycles. The average molecular weight is 782 g/mol. The minimum atomic E-state index is -4.83. The van der Waals surface area contributed by atoms with Crippen molar-refractivity contribution in [1.29, 1.82) is 0 Å². The molecule has 0 bridgehead atoms. The lowest BCUT2D eigenvalue weighted by Crippen LogP contribution is -2.45. The molecule has 0 radical (unpaired) electrons. The number of hydrogen-bond donors (Lipinski definition) is 2. The molecule has 0 unspecified atom stereocenters. The Kier molecular flexibility index (Phi) is 12.3. The van der Waals surface area contributed by atoms with E-state index in [1.165, 1.54) is 28.8 Å². The van der Waals surface area contributed by atoms with Crippen molar-refractivity contribution >= 4 is 50.4 Å². The molecule has 1 aliphatic rings. The van der Waals surface area contributed by atoms with Gasteiger partial charge in [-0.3, -0.25) is 14.7 Å². The number of sulfonamides is 1. The van der Waals surface area contributed by atoms with Crippen molar-refractivity contribution in [3.63, 3.8) is 0 Å². The Hall–Kier alpha value is -4.57. The Morgan fingerprint density at radius 2 is 1.70 bits per heavy atom. The number of carbonyl (C=O) groups excluding carboxylic acids is 1. The van der Waals surface area contributed by atoms with Crippen LogP contribution in [-0.2, 0) is 22.7 Å². The molecule has 2 N–H and O–H groups in total. The summed E-state index contributed by atoms with van der Waals surface area (Å²) in [4.78, 5) is 23.4. The highest BCUT2D eigenvalue weighted by atomic mass is 32.2. The predicted octanol–water partition coefficient (Wildman–Crippen LogP) is 7.87. The Balaban J connectivity index is 1.01. The number of thioether (sulfide) groups is 1. The van der Waals surface area contributed by atoms with Crippen LogP contribution in [0.3, 0.4) is 0 Å². The standard InChI is InChI=1S/C38H38F3N5O4S3/c1-2-50-31-20-28(23-42-24-31)29-21-33(52-26-29)25-45-15-17-46(18-16-45)30-10-8-27(9-11-30)37(47)44-53(48,49)34-12-13-36(35(22-34)38(39,40)41)43-14-19-51-32-6-4-3-5-7-32/h3-13,20-24,26,43H,2,14-19,25H2,1H3,(H,44,47). The number of rotatable bonds is 14. The van der Waals surface area contributed by atoms with Crippen molar-refractivity contribution in [3.8, 4) is 16.9 Å². The van der Waals surface area contributed by atoms with Gasteiger partial charge >= 0.3 is 6.18 Å². The lowest BCUT2D eigenvalue weighted by atomic mass is 10.1. The minimum Gasteiger partial charge on any atom is -0.492 e. The average Bonchev–Trinajstić information content (AvgIpc) is 3.62. The second-order valence-electron chi connectivity index (χ2n) is 12.2. The first kappa shape index (κ1) is 38.2. The summed E-state index contributed by atoms with van der Waals surface area (Å²) in [6, 6.07) is 22.8. The Morgan fingerprint density at radius 1 is 0.943 bits per heavy atom. The number of aromatic nitrogens is 1. The minimum absolute atomic E-state index is 0.0664. The maximum absolute atomic E-state index is 14.0. The van der Waals surface area contributed by atoms with Crippen molar-refractivity contribution in [2.45, 2.75) is 29.4 Å². The number of nitrogens with one attached hydrogen (secondary N) is 2. The largest absolute Gasteiger partial charge is 0.492 e. The monoisotopic (exact) mass is 781 g/mol. The van der Waals surface area contributed by atoms with Crippen LogP contribution in [-0.4, -0.2) is 69.3 Å². The number of alkyl halides is 3. The fraction of sp³-hybridized carbons (Fsp3) is 0.263. The molecule has 53 heavy (non-hydrogen) atoms. The van der Waals surface area contributed by atoms with Crippen molar-refractivity contribution in [2.75, 3.05) is 55.3 Å². The van der Waals surface area contributed by atoms with Crippen LogP contribution in [0, 0.1) is 0 Å². The number of thiophene rings is 1. The zero-order valence-electron chi connectivity index (χ0n) is 28.8. The number of anilines is 2. The summed E-state index contributed by atoms with van der Waals surface area (Å²) in [7, 11) is -4.61. The fourth-order valence-electron chi connectivity index (χ4n) is 5.84. The third kappa shape index (κ3) is 10.1. The summed E-state index contributed by atoms with van der Waals surface area (Å²) in [5.41, 5.74) is 1.69. The summed E-state index contributed by atoms with van der Waals surface area (Å²) in [6.45, 7) is 6.74. The lowest BCUT2D eigenvalue weighted by Gasteiger charge is -2.36. The first-order chi connectivity index (χ1) is 25.5. The Bertz CT molecular complexity index is 2110. The highest BCUT2D eigenvalue weighted by molar-refractivity contribution is 7.99. The van der Waals surface area contributed by atoms with E-state index in [1.807, 2.05) is 54.2 Å². The second kappa shape index (κ2) is 17.1. The van der Waals surface area contributed by atoms with E-state index in [2.05, 4.69) is 31.5 Å². The smallest absolute Gasteiger partial charge is 0.418 e. The van der Waals surface area contributed by atoms with E-state index in [4.69, 9.17) is 4.74 Å². The van der Waals surface area contributed by atoms with E-state index < -0.39 is 32.6 Å². The van der Waals surface area contributed by atoms with Crippen LogP contribution in [0.15, 0.2) is 112 Å². The molecule has 1 saturated heterocycles. The van der Waals surface area contributed by atoms with Crippen LogP contribution in [0.4, 0.5) is 24.5 Å². The maximum Gasteiger partial charge on any atom is 0.418 e. The molecule has 0 spiro atoms. The van der Waals surface area contributed by atoms with Gasteiger partial charge in [-0.15, -0.1) is 23.1 Å². The zero-order chi connectivity index (χ0) is 37.4. The summed E-state index contributed by atoms with van der Waals surface area (Å²) < 4.78 is 75.6. The SMILES string of the molecule is CCOc1cncc(-c2csc(CN3CCN(c4ccc(C(=O)NS(=O)(=O)c5ccc(NCCSc6ccccc6)c(C(F)(F)F)c5)cc4)CC3)c2)c1. The normalized spacial score (nSPS) is 13.8. The van der Waals surface area contributed by atoms with Crippen LogP contribution in [0.2, 0.25) is 0 Å². The van der Waals surface area contributed by atoms with E-state index >= 15 is 0 Å². The third-order valence-electron chi connectivity index (χ3n) is 8.52. The maximum atomic E-state index is 14.0. The van der Waals surface area contributed by atoms with Crippen LogP contribution in [0.25, 0.3) is 11.1 Å². The van der Waals surface area contributed by atoms with E-state index in [-0.39, 0.29) is 17.8 Å². The summed E-state index contributed by atoms with van der Waals surface area (Å²) in [5, 5.41) is 4.89. The number of benzene rings is 3. The number of amides is 1. The first-order valence-corrected chi connectivity index (χ1v) is 20.3. The number of carbonyl (C=O) groups is 1. The molecule has 3 aromatic carbocycles. The van der Waals surface area contributed by atoms with Gasteiger partial charge in [0.25, 0.3) is 15.9 Å². The van der Waals surface area contributed by atoms with Gasteiger partial charge in [0.05, 0.1) is 23.3 Å². The van der Waals surface area contributed by atoms with Gasteiger partial charge in [0.1, 0.15) is 5.75 Å². The Labute approximate surface area is 315 Å². The molecule has 0 saturated carbocycles. The van der Waals surface area contributed by atoms with Gasteiger partial charge in [-0.25, -0.2) is 13.1 Å². The number of ether oxygens (including phenoxy) is 1. The molecular formula is C38H38F3N5O4S3. The van der Waals surface area contributed by atoms with Crippen molar-refractivity contribution in [3.05, 3.63) is 119 Å². The van der Waals surface area contributed by atoms with Crippen molar-refractivity contribution < 1.29 is 31.1 Å². The lowest BCUT2D eigenvalue weighted by molar-refractivity contribution is -0.137. The van der Waals surface area contributed by atoms with Gasteiger partial charge in [0, 0.05) is 83.5 Å². The van der Waals surface area contributed by atoms with Gasteiger partial charge in [-0.05, 0) is 84.6 Å². The number of hydrogen-bond acceptors (Lipinski definition) is 10. The van der Waals surface area contributed by atoms with Gasteiger partial charge in [-0.1, -0.05) is 18.2 Å². The highest BCUT2D eigenvalue weighted by Crippen LogP contribution is 2.36. The van der Waals surface area contributed by atoms with Crippen LogP contribution in [0.5, 0.6) is 5.75 Å². The van der Waals surface area contributed by atoms with E-state index in [1.54, 1.807) is 29.7 Å². The van der Waals surface area contributed by atoms with Gasteiger partial charge in [-0.2, -0.15) is 13.2 Å². The second-order valence-corrected chi connectivity index (χ2v) is 16.0. The van der Waals surface area contributed by atoms with Gasteiger partial charge in [0.2, 0.25) is 0 Å². The molecule has 15 heteroatoms. The molecule has 5 aromatic rings. The molecule has 2 aromatic heterocycles. The number of piperazine rings is 1. The molecule has 3 heterocycles. The summed E-state index contributed by atoms with van der Waals surface area (Å²) in [6.07, 6.45) is -1.28. The molecule has 278 valence electrons. The van der Waals surface area contributed by atoms with E-state index in [0.717, 1.165) is 72.3 Å². The summed E-state index contributed by atoms with van der Waals surface area (Å²) in [5.74, 6) is 0.300. The molecular weight excluding hydrogens is 744 g/mol. The fourth-order valence-corrected chi connectivity index (χ4v) is 8.56. The topological polar surface area (TPSA) is 104 Å². The molecule has 1 fully saturated rings. The number of pyridine rings is 1. The first-order valence-electron chi connectivity index (χ1n) is 16.9. The number of nitrogens with zero attached hydrogens (tertiary/aromatic N) is 3. The van der Waals surface area contributed by atoms with Crippen molar-refractivity contribution in [2.24, 2.45) is 0 Å². The van der Waals surface area contributed by atoms with Crippen LogP contribution >= 0.6 is 23.1 Å². The summed E-state index contributed by atoms with van der Waals surface area (Å²) >= 11 is 3.19. The zero-order valence-corrected chi connectivity index (χ0v) is 31.3. The Morgan fingerprint density at radius 3 is 2.42 bits per heavy atom. The highest BCUT2D eigenvalue weighted by Gasteiger charge is 2.35. The predicted molar refractivity (Wildman–Crippen MR) is 204 cm³/mol.